The van der Waals surface area contributed by atoms with Gasteiger partial charge in [0, 0.05) is 0 Å². The molecular formula is C7H10O3. The van der Waals surface area contributed by atoms with E-state index in [1.54, 1.807) is 0 Å². The first-order valence-corrected chi connectivity index (χ1v) is 3.56. The zero-order valence-electron chi connectivity index (χ0n) is 5.92. The summed E-state index contributed by atoms with van der Waals surface area (Å²) in [6.45, 7) is 0. The molecule has 2 atom stereocenters. The Labute approximate surface area is 59.3 Å². The van der Waals surface area contributed by atoms with Gasteiger partial charge in [-0.1, -0.05) is 0 Å². The fourth-order valence-electron chi connectivity index (χ4n) is 1.74. The monoisotopic (exact) mass is 142 g/mol. The van der Waals surface area contributed by atoms with Gasteiger partial charge in [0.05, 0.1) is 13.2 Å². The lowest BCUT2D eigenvalue weighted by atomic mass is 10.1. The summed E-state index contributed by atoms with van der Waals surface area (Å²) in [4.78, 5) is 11.0. The second-order valence-electron chi connectivity index (χ2n) is 2.88. The Hall–Kier alpha value is -0.570. The molecule has 2 rings (SSSR count). The van der Waals surface area contributed by atoms with E-state index in [4.69, 9.17) is 4.74 Å². The minimum Gasteiger partial charge on any atom is -0.467 e. The summed E-state index contributed by atoms with van der Waals surface area (Å²) in [6, 6.07) is 0. The van der Waals surface area contributed by atoms with E-state index in [-0.39, 0.29) is 12.1 Å². The zero-order valence-corrected chi connectivity index (χ0v) is 5.92. The van der Waals surface area contributed by atoms with E-state index in [2.05, 4.69) is 4.74 Å². The maximum Gasteiger partial charge on any atom is 0.340 e. The predicted molar refractivity (Wildman–Crippen MR) is 33.5 cm³/mol. The Kier molecular flexibility index (Phi) is 1.06. The predicted octanol–water partition coefficient (Wildman–Crippen LogP) is 0.481. The fourth-order valence-corrected chi connectivity index (χ4v) is 1.74. The fraction of sp³-hybridized carbons (Fsp3) is 0.857. The molecule has 0 bridgehead atoms. The third-order valence-electron chi connectivity index (χ3n) is 2.36. The van der Waals surface area contributed by atoms with Gasteiger partial charge in [-0.3, -0.25) is 0 Å². The number of ether oxygens (including phenoxy) is 2. The number of epoxide rings is 1. The van der Waals surface area contributed by atoms with E-state index >= 15 is 0 Å². The summed E-state index contributed by atoms with van der Waals surface area (Å²) >= 11 is 0. The second-order valence-corrected chi connectivity index (χ2v) is 2.88. The van der Waals surface area contributed by atoms with Crippen LogP contribution in [-0.2, 0) is 14.3 Å². The van der Waals surface area contributed by atoms with Crippen molar-refractivity contribution in [3.63, 3.8) is 0 Å². The second kappa shape index (κ2) is 1.72. The standard InChI is InChI=1S/C7H10O3/c1-9-6(8)7-4-2-3-5(7)10-7/h5H,2-4H2,1H3. The molecule has 2 aliphatic rings. The van der Waals surface area contributed by atoms with Crippen LogP contribution in [-0.4, -0.2) is 24.8 Å². The summed E-state index contributed by atoms with van der Waals surface area (Å²) in [5, 5.41) is 0. The Bertz CT molecular complexity index is 178. The topological polar surface area (TPSA) is 38.8 Å². The van der Waals surface area contributed by atoms with Gasteiger partial charge in [0.2, 0.25) is 0 Å². The third-order valence-corrected chi connectivity index (χ3v) is 2.36. The third kappa shape index (κ3) is 0.560. The first kappa shape index (κ1) is 6.16. The molecule has 0 spiro atoms. The number of carbonyl (C=O) groups is 1. The molecule has 0 aromatic heterocycles. The average molecular weight is 142 g/mol. The normalized spacial score (nSPS) is 42.7. The van der Waals surface area contributed by atoms with Gasteiger partial charge in [0.25, 0.3) is 0 Å². The molecule has 56 valence electrons. The molecule has 1 heterocycles. The van der Waals surface area contributed by atoms with E-state index in [0.717, 1.165) is 19.3 Å². The summed E-state index contributed by atoms with van der Waals surface area (Å²) in [5.74, 6) is -0.185. The summed E-state index contributed by atoms with van der Waals surface area (Å²) in [7, 11) is 1.41. The first-order chi connectivity index (χ1) is 4.79. The molecule has 0 aromatic rings. The average Bonchev–Trinajstić information content (AvgIpc) is 2.54. The van der Waals surface area contributed by atoms with Crippen LogP contribution in [0.4, 0.5) is 0 Å². The molecule has 1 aliphatic carbocycles. The first-order valence-electron chi connectivity index (χ1n) is 3.56. The zero-order chi connectivity index (χ0) is 7.19. The van der Waals surface area contributed by atoms with Crippen LogP contribution in [0.5, 0.6) is 0 Å². The summed E-state index contributed by atoms with van der Waals surface area (Å²) in [6.07, 6.45) is 3.15. The van der Waals surface area contributed by atoms with E-state index in [1.807, 2.05) is 0 Å². The van der Waals surface area contributed by atoms with E-state index in [9.17, 15) is 4.79 Å². The Balaban J connectivity index is 2.11. The molecule has 2 unspecified atom stereocenters. The number of rotatable bonds is 1. The van der Waals surface area contributed by atoms with Gasteiger partial charge in [-0.25, -0.2) is 4.79 Å². The largest absolute Gasteiger partial charge is 0.467 e. The van der Waals surface area contributed by atoms with E-state index < -0.39 is 5.60 Å². The summed E-state index contributed by atoms with van der Waals surface area (Å²) < 4.78 is 9.83. The van der Waals surface area contributed by atoms with Gasteiger partial charge in [-0.2, -0.15) is 0 Å². The van der Waals surface area contributed by atoms with Gasteiger partial charge in [0.1, 0.15) is 0 Å². The molecule has 0 amide bonds. The highest BCUT2D eigenvalue weighted by molar-refractivity contribution is 5.83. The van der Waals surface area contributed by atoms with Gasteiger partial charge < -0.3 is 9.47 Å². The molecule has 0 radical (unpaired) electrons. The number of hydrogen-bond acceptors (Lipinski definition) is 3. The molecular weight excluding hydrogens is 132 g/mol. The van der Waals surface area contributed by atoms with Crippen LogP contribution >= 0.6 is 0 Å². The van der Waals surface area contributed by atoms with E-state index in [1.165, 1.54) is 7.11 Å². The highest BCUT2D eigenvalue weighted by atomic mass is 16.7. The van der Waals surface area contributed by atoms with Crippen LogP contribution in [0.1, 0.15) is 19.3 Å². The van der Waals surface area contributed by atoms with Crippen molar-refractivity contribution in [2.24, 2.45) is 0 Å². The number of hydrogen-bond donors (Lipinski definition) is 0. The van der Waals surface area contributed by atoms with Gasteiger partial charge >= 0.3 is 5.97 Å². The Morgan fingerprint density at radius 2 is 2.60 bits per heavy atom. The SMILES string of the molecule is COC(=O)C12CCCC1O2. The molecule has 3 heteroatoms. The number of esters is 1. The van der Waals surface area contributed by atoms with Crippen molar-refractivity contribution in [1.29, 1.82) is 0 Å². The lowest BCUT2D eigenvalue weighted by Crippen LogP contribution is -2.25. The van der Waals surface area contributed by atoms with Crippen LogP contribution < -0.4 is 0 Å². The van der Waals surface area contributed by atoms with Crippen molar-refractivity contribution < 1.29 is 14.3 Å². The van der Waals surface area contributed by atoms with Crippen LogP contribution in [0.3, 0.4) is 0 Å². The van der Waals surface area contributed by atoms with Gasteiger partial charge in [0.15, 0.2) is 5.60 Å². The minimum absolute atomic E-state index is 0.181. The minimum atomic E-state index is -0.491. The Morgan fingerprint density at radius 1 is 1.80 bits per heavy atom. The van der Waals surface area contributed by atoms with Crippen molar-refractivity contribution in [3.05, 3.63) is 0 Å². The van der Waals surface area contributed by atoms with E-state index in [0.29, 0.717) is 0 Å². The highest BCUT2D eigenvalue weighted by Gasteiger charge is 2.65. The quantitative estimate of drug-likeness (QED) is 0.395. The Morgan fingerprint density at radius 3 is 3.00 bits per heavy atom. The molecule has 3 nitrogen and oxygen atoms in total. The maximum absolute atomic E-state index is 11.0. The molecule has 1 aliphatic heterocycles. The summed E-state index contributed by atoms with van der Waals surface area (Å²) in [5.41, 5.74) is -0.491. The number of fused-ring (bicyclic) bond motifs is 1. The molecule has 2 fully saturated rings. The van der Waals surface area contributed by atoms with Crippen LogP contribution in [0.25, 0.3) is 0 Å². The molecule has 0 N–H and O–H groups in total. The number of methoxy groups -OCH3 is 1. The highest BCUT2D eigenvalue weighted by Crippen LogP contribution is 2.50. The number of carbonyl (C=O) groups excluding carboxylic acids is 1. The van der Waals surface area contributed by atoms with Crippen molar-refractivity contribution in [2.75, 3.05) is 7.11 Å². The van der Waals surface area contributed by atoms with Crippen LogP contribution in [0.15, 0.2) is 0 Å². The smallest absolute Gasteiger partial charge is 0.340 e. The van der Waals surface area contributed by atoms with Crippen molar-refractivity contribution in [2.45, 2.75) is 31.0 Å². The van der Waals surface area contributed by atoms with Crippen molar-refractivity contribution >= 4 is 5.97 Å². The maximum atomic E-state index is 11.0. The molecule has 0 aromatic carbocycles. The van der Waals surface area contributed by atoms with Crippen molar-refractivity contribution in [3.8, 4) is 0 Å². The van der Waals surface area contributed by atoms with Crippen molar-refractivity contribution in [1.82, 2.24) is 0 Å². The molecule has 10 heavy (non-hydrogen) atoms. The van der Waals surface area contributed by atoms with Gasteiger partial charge in [-0.05, 0) is 19.3 Å². The van der Waals surface area contributed by atoms with Crippen LogP contribution in [0.2, 0.25) is 0 Å². The van der Waals surface area contributed by atoms with Crippen LogP contribution in [0, 0.1) is 0 Å². The van der Waals surface area contributed by atoms with Gasteiger partial charge in [-0.15, -0.1) is 0 Å². The lowest BCUT2D eigenvalue weighted by Gasteiger charge is -2.03. The molecule has 1 saturated heterocycles. The molecule has 1 saturated carbocycles. The lowest BCUT2D eigenvalue weighted by molar-refractivity contribution is -0.147.